The van der Waals surface area contributed by atoms with E-state index in [4.69, 9.17) is 12.2 Å². The number of hydrogen-bond donors (Lipinski definition) is 1. The summed E-state index contributed by atoms with van der Waals surface area (Å²) in [6, 6.07) is 0. The molecule has 0 saturated carbocycles. The van der Waals surface area contributed by atoms with E-state index in [0.717, 1.165) is 0 Å². The average Bonchev–Trinajstić information content (AvgIpc) is 2.15. The van der Waals surface area contributed by atoms with Crippen LogP contribution in [0.3, 0.4) is 0 Å². The van der Waals surface area contributed by atoms with E-state index in [2.05, 4.69) is 5.32 Å². The van der Waals surface area contributed by atoms with Gasteiger partial charge in [-0.25, -0.2) is 0 Å². The van der Waals surface area contributed by atoms with Gasteiger partial charge in [0.25, 0.3) is 0 Å². The van der Waals surface area contributed by atoms with Crippen molar-refractivity contribution < 1.29 is 9.59 Å². The highest BCUT2D eigenvalue weighted by molar-refractivity contribution is 7.80. The zero-order chi connectivity index (χ0) is 11.8. The highest BCUT2D eigenvalue weighted by atomic mass is 32.1. The number of hydrogen-bond acceptors (Lipinski definition) is 3. The van der Waals surface area contributed by atoms with Crippen molar-refractivity contribution in [3.63, 3.8) is 0 Å². The van der Waals surface area contributed by atoms with E-state index in [0.29, 0.717) is 6.42 Å². The van der Waals surface area contributed by atoms with Crippen molar-refractivity contribution in [1.29, 1.82) is 0 Å². The van der Waals surface area contributed by atoms with Gasteiger partial charge in [-0.05, 0) is 24.6 Å². The summed E-state index contributed by atoms with van der Waals surface area (Å²) in [6.45, 7) is 5.60. The molecule has 0 unspecified atom stereocenters. The predicted octanol–water partition coefficient (Wildman–Crippen LogP) is 0.912. The molecule has 1 rings (SSSR count). The molecule has 1 heterocycles. The molecular weight excluding hydrogens is 212 g/mol. The molecule has 1 atom stereocenters. The molecule has 1 N–H and O–H groups in total. The van der Waals surface area contributed by atoms with Crippen LogP contribution in [0.2, 0.25) is 0 Å². The largest absolute Gasteiger partial charge is 0.302 e. The second-order valence-corrected chi connectivity index (χ2v) is 4.49. The number of carbonyl (C=O) groups excluding carboxylic acids is 2. The number of carbonyl (C=O) groups is 2. The van der Waals surface area contributed by atoms with Crippen molar-refractivity contribution >= 4 is 29.1 Å². The third kappa shape index (κ3) is 1.55. The lowest BCUT2D eigenvalue weighted by Gasteiger charge is -2.41. The fraction of sp³-hybridized carbons (Fsp3) is 0.700. The quantitative estimate of drug-likeness (QED) is 0.564. The van der Waals surface area contributed by atoms with Crippen molar-refractivity contribution in [3.05, 3.63) is 0 Å². The van der Waals surface area contributed by atoms with Gasteiger partial charge in [0.05, 0.1) is 0 Å². The van der Waals surface area contributed by atoms with Crippen LogP contribution in [0.4, 0.5) is 0 Å². The zero-order valence-corrected chi connectivity index (χ0v) is 10.3. The van der Waals surface area contributed by atoms with Crippen molar-refractivity contribution in [1.82, 2.24) is 10.2 Å². The van der Waals surface area contributed by atoms with Gasteiger partial charge in [-0.3, -0.25) is 14.5 Å². The molecule has 84 valence electrons. The molecule has 0 aromatic heterocycles. The molecule has 0 radical (unpaired) electrons. The van der Waals surface area contributed by atoms with Gasteiger partial charge < -0.3 is 5.32 Å². The van der Waals surface area contributed by atoms with Crippen LogP contribution in [0, 0.1) is 11.3 Å². The molecule has 0 bridgehead atoms. The molecule has 1 saturated heterocycles. The van der Waals surface area contributed by atoms with Crippen LogP contribution < -0.4 is 5.32 Å². The molecular formula is C10H16N2O2S. The Bertz CT molecular complexity index is 327. The fourth-order valence-electron chi connectivity index (χ4n) is 2.01. The zero-order valence-electron chi connectivity index (χ0n) is 9.46. The third-order valence-corrected chi connectivity index (χ3v) is 3.54. The smallest absolute Gasteiger partial charge is 0.244 e. The molecule has 0 aliphatic carbocycles. The molecule has 2 amide bonds. The minimum Gasteiger partial charge on any atom is -0.302 e. The van der Waals surface area contributed by atoms with Crippen LogP contribution in [0.15, 0.2) is 0 Å². The summed E-state index contributed by atoms with van der Waals surface area (Å²) in [5, 5.41) is 2.77. The first-order chi connectivity index (χ1) is 6.87. The number of nitrogens with one attached hydrogen (secondary N) is 1. The Kier molecular flexibility index (Phi) is 3.13. The van der Waals surface area contributed by atoms with Crippen LogP contribution in [-0.2, 0) is 9.59 Å². The topological polar surface area (TPSA) is 49.4 Å². The summed E-state index contributed by atoms with van der Waals surface area (Å²) in [5.74, 6) is -0.512. The minimum atomic E-state index is -0.961. The molecule has 1 aliphatic heterocycles. The average molecular weight is 228 g/mol. The SMILES string of the molecule is CC[C@]1(C(C)C)C(=O)NC(=S)N(C)C1=O. The summed E-state index contributed by atoms with van der Waals surface area (Å²) < 4.78 is 0. The Morgan fingerprint density at radius 2 is 2.00 bits per heavy atom. The standard InChI is InChI=1S/C10H16N2O2S/c1-5-10(6(2)3)7(13)11-9(15)12(4)8(10)14/h6H,5H2,1-4H3,(H,11,13,15)/t10-/m0/s1. The first-order valence-corrected chi connectivity index (χ1v) is 5.42. The second kappa shape index (κ2) is 3.89. The number of amides is 2. The lowest BCUT2D eigenvalue weighted by Crippen LogP contribution is -2.64. The Morgan fingerprint density at radius 3 is 2.40 bits per heavy atom. The van der Waals surface area contributed by atoms with Crippen LogP contribution in [0.25, 0.3) is 0 Å². The summed E-state index contributed by atoms with van der Waals surface area (Å²) in [7, 11) is 1.59. The molecule has 1 fully saturated rings. The monoisotopic (exact) mass is 228 g/mol. The van der Waals surface area contributed by atoms with E-state index in [1.807, 2.05) is 20.8 Å². The highest BCUT2D eigenvalue weighted by Gasteiger charge is 2.52. The van der Waals surface area contributed by atoms with E-state index >= 15 is 0 Å². The van der Waals surface area contributed by atoms with Crippen LogP contribution >= 0.6 is 12.2 Å². The van der Waals surface area contributed by atoms with E-state index < -0.39 is 5.41 Å². The number of thiocarbonyl (C=S) groups is 1. The van der Waals surface area contributed by atoms with Crippen molar-refractivity contribution in [2.75, 3.05) is 7.05 Å². The van der Waals surface area contributed by atoms with Crippen molar-refractivity contribution in [3.8, 4) is 0 Å². The summed E-state index contributed by atoms with van der Waals surface area (Å²) >= 11 is 4.89. The van der Waals surface area contributed by atoms with Gasteiger partial charge in [0.1, 0.15) is 5.41 Å². The van der Waals surface area contributed by atoms with Gasteiger partial charge in [-0.15, -0.1) is 0 Å². The normalized spacial score (nSPS) is 27.3. The lowest BCUT2D eigenvalue weighted by molar-refractivity contribution is -0.152. The molecule has 5 heteroatoms. The fourth-order valence-corrected chi connectivity index (χ4v) is 2.19. The van der Waals surface area contributed by atoms with E-state index in [9.17, 15) is 9.59 Å². The van der Waals surface area contributed by atoms with Gasteiger partial charge in [0.15, 0.2) is 5.11 Å². The highest BCUT2D eigenvalue weighted by Crippen LogP contribution is 2.35. The van der Waals surface area contributed by atoms with Crippen molar-refractivity contribution in [2.24, 2.45) is 11.3 Å². The maximum absolute atomic E-state index is 12.1. The maximum atomic E-state index is 12.1. The molecule has 0 aromatic carbocycles. The van der Waals surface area contributed by atoms with Crippen LogP contribution in [-0.4, -0.2) is 28.9 Å². The predicted molar refractivity (Wildman–Crippen MR) is 61.1 cm³/mol. The first kappa shape index (κ1) is 12.1. The molecule has 0 spiro atoms. The molecule has 0 aromatic rings. The Hall–Kier alpha value is -0.970. The Morgan fingerprint density at radius 1 is 1.47 bits per heavy atom. The van der Waals surface area contributed by atoms with E-state index in [1.165, 1.54) is 4.90 Å². The Balaban J connectivity index is 3.21. The maximum Gasteiger partial charge on any atom is 0.244 e. The molecule has 15 heavy (non-hydrogen) atoms. The molecule has 1 aliphatic rings. The summed E-state index contributed by atoms with van der Waals surface area (Å²) in [5.41, 5.74) is -0.961. The van der Waals surface area contributed by atoms with Gasteiger partial charge in [0.2, 0.25) is 11.8 Å². The van der Waals surface area contributed by atoms with E-state index in [1.54, 1.807) is 7.05 Å². The third-order valence-electron chi connectivity index (χ3n) is 3.16. The van der Waals surface area contributed by atoms with E-state index in [-0.39, 0.29) is 22.8 Å². The van der Waals surface area contributed by atoms with Crippen LogP contribution in [0.1, 0.15) is 27.2 Å². The van der Waals surface area contributed by atoms with Crippen LogP contribution in [0.5, 0.6) is 0 Å². The molecule has 4 nitrogen and oxygen atoms in total. The lowest BCUT2D eigenvalue weighted by atomic mass is 9.72. The van der Waals surface area contributed by atoms with Gasteiger partial charge in [-0.1, -0.05) is 20.8 Å². The second-order valence-electron chi connectivity index (χ2n) is 4.10. The number of rotatable bonds is 2. The minimum absolute atomic E-state index is 0.0412. The first-order valence-electron chi connectivity index (χ1n) is 5.01. The van der Waals surface area contributed by atoms with Gasteiger partial charge in [-0.2, -0.15) is 0 Å². The number of nitrogens with zero attached hydrogens (tertiary/aromatic N) is 1. The Labute approximate surface area is 95.0 Å². The van der Waals surface area contributed by atoms with Crippen molar-refractivity contribution in [2.45, 2.75) is 27.2 Å². The summed E-state index contributed by atoms with van der Waals surface area (Å²) in [4.78, 5) is 25.4. The van der Waals surface area contributed by atoms with Gasteiger partial charge in [0, 0.05) is 7.05 Å². The van der Waals surface area contributed by atoms with Gasteiger partial charge >= 0.3 is 0 Å². The summed E-state index contributed by atoms with van der Waals surface area (Å²) in [6.07, 6.45) is 0.488.